The van der Waals surface area contributed by atoms with E-state index in [0.717, 1.165) is 81.0 Å². The molecule has 0 saturated carbocycles. The van der Waals surface area contributed by atoms with Crippen LogP contribution in [0.1, 0.15) is 235 Å². The number of hydrogen-bond donors (Lipinski definition) is 3. The second kappa shape index (κ2) is 61.2. The van der Waals surface area contributed by atoms with Gasteiger partial charge in [-0.1, -0.05) is 369 Å². The number of fused-ring (bicyclic) bond motifs is 3. The molecule has 0 aliphatic rings. The Bertz CT molecular complexity index is 5810. The minimum Gasteiger partial charge on any atom is -0.399 e. The standard InChI is InChI=1S/C26H24N2O3.C21H20N2O3S.C21H19O2P.C19H14OS.C11H14O2.8C2H6/c1-15-6-9-21(16(2)12-15)26(30)20-8-11-25-23(14-20)22-13-19(7-10-24(22)28(25)5)17(3)27-31-18(4)29;1-26-21(25,15-5-3-2-4-6-15)20(24)14-7-9-18(10-8-14)27-19-12-16(22)11-17(23)13-19;1-16-10-9-11-17(2)20(16)21(22)24(23,18-12-5-3-6-13-18)19-14-7-4-8-15-19;20-19(15-7-3-1-4-8-15)16-11-13-18(14-12-16)21-17-9-5-2-6-10-17;1-11(2,13-3)10(12)9-7-5-4-6-8-9;8*1-2/h6-14H,1-5H3;2-13,25H,22-23H2,1H3;3-15H,1-2H3;1-14H;4-8H,1-3H3;8*1-2H3/b27-17+;;;;;;;;;;;;. The Morgan fingerprint density at radius 3 is 1.18 bits per heavy atom. The summed E-state index contributed by atoms with van der Waals surface area (Å²) in [5.41, 5.74) is 24.0. The second-order valence-corrected chi connectivity index (χ2v) is 32.8. The largest absolute Gasteiger partial charge is 0.399 e. The van der Waals surface area contributed by atoms with Crippen LogP contribution in [0.5, 0.6) is 0 Å². The molecule has 14 aromatic rings. The number of hydrogen-bond acceptors (Lipinski definition) is 16. The fraction of sp³-hybridized carbons (Fsp3) is 0.254. The minimum absolute atomic E-state index is 0.00981. The third kappa shape index (κ3) is 33.1. The molecule has 0 aliphatic heterocycles. The number of benzene rings is 13. The Morgan fingerprint density at radius 1 is 0.379 bits per heavy atom. The highest BCUT2D eigenvalue weighted by Gasteiger charge is 2.40. The van der Waals surface area contributed by atoms with Crippen molar-refractivity contribution in [1.82, 2.24) is 4.57 Å². The molecule has 18 heteroatoms. The van der Waals surface area contributed by atoms with E-state index in [-0.39, 0.29) is 22.9 Å². The lowest BCUT2D eigenvalue weighted by atomic mass is 9.96. The van der Waals surface area contributed by atoms with Gasteiger partial charge in [-0.3, -0.25) is 24.0 Å². The van der Waals surface area contributed by atoms with Crippen LogP contribution in [-0.2, 0) is 36.5 Å². The highest BCUT2D eigenvalue weighted by molar-refractivity contribution is 7.99. The predicted octanol–water partition coefficient (Wildman–Crippen LogP) is 29.2. The topological polar surface area (TPSA) is 237 Å². The fourth-order valence-corrected chi connectivity index (χ4v) is 17.2. The van der Waals surface area contributed by atoms with Crippen LogP contribution in [0.25, 0.3) is 21.8 Å². The summed E-state index contributed by atoms with van der Waals surface area (Å²) in [6.45, 7) is 46.4. The molecule has 0 amide bonds. The van der Waals surface area contributed by atoms with Crippen molar-refractivity contribution < 1.29 is 52.8 Å². The SMILES string of the molecule is CC.CC.CC.CC.CC.CC.CC.CC.CC(=O)O/N=C(\C)c1ccc2c(c1)c1cc(C(=O)c3ccc(C)cc3C)ccc1n2C.COC(C)(C)C(=O)c1ccccc1.COC(O)(C(=O)c1ccc(Sc2cc(N)cc(N)c2)cc1)c1ccccc1.Cc1cccc(C)c1C(=O)P(=O)(c1ccccc1)c1ccccc1.O=C(c1ccccc1)c1ccc(Sc2ccccc2)cc1. The van der Waals surface area contributed by atoms with Gasteiger partial charge >= 0.3 is 5.97 Å². The van der Waals surface area contributed by atoms with Gasteiger partial charge in [0.05, 0.1) is 5.71 Å². The molecule has 698 valence electrons. The number of methoxy groups -OCH3 is 2. The fourth-order valence-electron chi connectivity index (χ4n) is 12.8. The van der Waals surface area contributed by atoms with E-state index in [4.69, 9.17) is 25.8 Å². The zero-order valence-electron chi connectivity index (χ0n) is 82.4. The van der Waals surface area contributed by atoms with Gasteiger partial charge in [0.25, 0.3) is 5.79 Å². The maximum Gasteiger partial charge on any atom is 0.331 e. The predicted molar refractivity (Wildman–Crippen MR) is 561 cm³/mol. The first kappa shape index (κ1) is 116. The highest BCUT2D eigenvalue weighted by Crippen LogP contribution is 2.48. The van der Waals surface area contributed by atoms with Gasteiger partial charge in [0.15, 0.2) is 17.3 Å². The number of nitrogen functional groups attached to an aromatic ring is 2. The van der Waals surface area contributed by atoms with E-state index in [1.165, 1.54) is 30.7 Å². The average molecular weight is 1840 g/mol. The van der Waals surface area contributed by atoms with Gasteiger partial charge in [-0.15, -0.1) is 0 Å². The molecule has 1 atom stereocenters. The van der Waals surface area contributed by atoms with Gasteiger partial charge in [-0.05, 0) is 168 Å². The summed E-state index contributed by atoms with van der Waals surface area (Å²) in [7, 11) is 1.43. The maximum atomic E-state index is 14.1. The van der Waals surface area contributed by atoms with E-state index in [0.29, 0.717) is 55.5 Å². The Kier molecular flexibility index (Phi) is 53.7. The number of aryl methyl sites for hydroxylation is 5. The van der Waals surface area contributed by atoms with Crippen molar-refractivity contribution in [3.05, 3.63) is 394 Å². The maximum absolute atomic E-state index is 14.1. The van der Waals surface area contributed by atoms with Crippen molar-refractivity contribution in [2.75, 3.05) is 25.7 Å². The summed E-state index contributed by atoms with van der Waals surface area (Å²) in [5.74, 6) is -2.93. The first-order valence-corrected chi connectivity index (χ1v) is 48.6. The van der Waals surface area contributed by atoms with E-state index in [2.05, 4.69) is 21.9 Å². The second-order valence-electron chi connectivity index (χ2n) is 27.8. The zero-order chi connectivity index (χ0) is 99.3. The highest BCUT2D eigenvalue weighted by atomic mass is 32.2. The number of ether oxygens (including phenoxy) is 2. The molecule has 1 heterocycles. The lowest BCUT2D eigenvalue weighted by Crippen LogP contribution is -2.37. The van der Waals surface area contributed by atoms with E-state index in [1.807, 2.05) is 358 Å². The van der Waals surface area contributed by atoms with Crippen molar-refractivity contribution in [3.8, 4) is 0 Å². The number of carbonyl (C=O) groups is 6. The summed E-state index contributed by atoms with van der Waals surface area (Å²) < 4.78 is 26.5. The lowest BCUT2D eigenvalue weighted by Gasteiger charge is -2.25. The Balaban J connectivity index is 0.000000546. The normalized spacial score (nSPS) is 10.6. The Hall–Kier alpha value is -12.4. The van der Waals surface area contributed by atoms with Crippen LogP contribution in [0.3, 0.4) is 0 Å². The molecule has 0 aliphatic carbocycles. The first-order chi connectivity index (χ1) is 63.6. The van der Waals surface area contributed by atoms with Crippen LogP contribution < -0.4 is 22.1 Å². The molecule has 13 aromatic carbocycles. The van der Waals surface area contributed by atoms with Gasteiger partial charge in [0.2, 0.25) is 18.4 Å². The van der Waals surface area contributed by atoms with Crippen LogP contribution in [0.4, 0.5) is 11.4 Å². The van der Waals surface area contributed by atoms with Gasteiger partial charge < -0.3 is 40.0 Å². The number of carbonyl (C=O) groups excluding carboxylic acids is 6. The molecule has 0 saturated heterocycles. The van der Waals surface area contributed by atoms with Crippen LogP contribution in [-0.4, -0.2) is 69.8 Å². The van der Waals surface area contributed by atoms with Gasteiger partial charge in [-0.2, -0.15) is 0 Å². The molecule has 0 fully saturated rings. The Morgan fingerprint density at radius 2 is 0.750 bits per heavy atom. The third-order valence-corrected chi connectivity index (χ3v) is 24.0. The lowest BCUT2D eigenvalue weighted by molar-refractivity contribution is -0.153. The first-order valence-electron chi connectivity index (χ1n) is 45.2. The van der Waals surface area contributed by atoms with E-state index in [1.54, 1.807) is 137 Å². The summed E-state index contributed by atoms with van der Waals surface area (Å²) in [6.07, 6.45) is 0. The van der Waals surface area contributed by atoms with Crippen molar-refractivity contribution in [1.29, 1.82) is 0 Å². The van der Waals surface area contributed by atoms with Crippen molar-refractivity contribution in [2.45, 2.75) is 197 Å². The van der Waals surface area contributed by atoms with Crippen LogP contribution in [0, 0.1) is 27.7 Å². The number of aliphatic hydroxyl groups is 1. The summed E-state index contributed by atoms with van der Waals surface area (Å²) >= 11 is 3.17. The molecule has 15 nitrogen and oxygen atoms in total. The number of Topliss-reactive ketones (excluding diaryl/α,β-unsaturated/α-hetero) is 2. The summed E-state index contributed by atoms with van der Waals surface area (Å²) in [6, 6.07) is 98.9. The third-order valence-electron chi connectivity index (χ3n) is 19.1. The minimum atomic E-state index is -3.43. The van der Waals surface area contributed by atoms with Crippen molar-refractivity contribution in [2.24, 2.45) is 12.2 Å². The van der Waals surface area contributed by atoms with Crippen LogP contribution >= 0.6 is 30.7 Å². The zero-order valence-corrected chi connectivity index (χ0v) is 85.0. The molecular formula is C114H139N4O11PS2. The van der Waals surface area contributed by atoms with Gasteiger partial charge in [0.1, 0.15) is 5.60 Å². The number of anilines is 2. The molecular weight excluding hydrogens is 1700 g/mol. The smallest absolute Gasteiger partial charge is 0.331 e. The van der Waals surface area contributed by atoms with Crippen molar-refractivity contribution >= 4 is 115 Å². The summed E-state index contributed by atoms with van der Waals surface area (Å²) in [4.78, 5) is 83.6. The molecule has 0 spiro atoms. The molecule has 1 aromatic heterocycles. The Labute approximate surface area is 795 Å². The number of nitrogens with two attached hydrogens (primary N) is 2. The molecule has 1 unspecified atom stereocenters. The number of oxime groups is 1. The number of rotatable bonds is 21. The molecule has 0 bridgehead atoms. The molecule has 5 N–H and O–H groups in total. The van der Waals surface area contributed by atoms with Crippen LogP contribution in [0.15, 0.2) is 346 Å². The number of nitrogens with zero attached hydrogens (tertiary/aromatic N) is 2. The van der Waals surface area contributed by atoms with E-state index in [9.17, 15) is 38.4 Å². The average Bonchev–Trinajstić information content (AvgIpc) is 1.22. The molecule has 14 rings (SSSR count). The van der Waals surface area contributed by atoms with Gasteiger partial charge in [0, 0.05) is 136 Å². The van der Waals surface area contributed by atoms with E-state index < -0.39 is 30.3 Å². The molecule has 0 radical (unpaired) electrons. The molecule has 132 heavy (non-hydrogen) atoms. The monoisotopic (exact) mass is 1830 g/mol. The summed E-state index contributed by atoms with van der Waals surface area (Å²) in [5, 5.41) is 17.8. The quantitative estimate of drug-likeness (QED) is 0.0115. The van der Waals surface area contributed by atoms with Crippen molar-refractivity contribution in [3.63, 3.8) is 0 Å². The van der Waals surface area contributed by atoms with Crippen LogP contribution in [0.2, 0.25) is 0 Å². The van der Waals surface area contributed by atoms with E-state index >= 15 is 0 Å². The van der Waals surface area contributed by atoms with Gasteiger partial charge in [-0.25, -0.2) is 4.79 Å². The number of ketones is 4. The number of aromatic nitrogens is 1.